The topological polar surface area (TPSA) is 35.6 Å². The summed E-state index contributed by atoms with van der Waals surface area (Å²) in [5.74, 6) is 0.304. The van der Waals surface area contributed by atoms with E-state index in [1.165, 1.54) is 6.42 Å². The maximum absolute atomic E-state index is 12.6. The van der Waals surface area contributed by atoms with Crippen LogP contribution in [0.4, 0.5) is 0 Å². The van der Waals surface area contributed by atoms with Gasteiger partial charge in [0.15, 0.2) is 0 Å². The molecule has 6 heteroatoms. The van der Waals surface area contributed by atoms with Crippen LogP contribution in [-0.2, 0) is 4.79 Å². The number of piperazine rings is 1. The Labute approximate surface area is 129 Å². The molecule has 4 nitrogen and oxygen atoms in total. The summed E-state index contributed by atoms with van der Waals surface area (Å²) in [7, 11) is 2.12. The van der Waals surface area contributed by atoms with Crippen LogP contribution in [-0.4, -0.2) is 60.5 Å². The summed E-state index contributed by atoms with van der Waals surface area (Å²) in [6.45, 7) is 8.05. The molecule has 0 aromatic carbocycles. The van der Waals surface area contributed by atoms with E-state index in [-0.39, 0.29) is 30.4 Å². The van der Waals surface area contributed by atoms with Crippen molar-refractivity contribution >= 4 is 30.7 Å². The fourth-order valence-corrected chi connectivity index (χ4v) is 3.00. The van der Waals surface area contributed by atoms with Crippen molar-refractivity contribution in [3.63, 3.8) is 0 Å². The molecule has 114 valence electrons. The molecule has 2 rings (SSSR count). The molecule has 2 atom stereocenters. The number of amides is 1. The molecular formula is C13H27Cl2N3O. The number of piperidine rings is 1. The van der Waals surface area contributed by atoms with Gasteiger partial charge in [-0.2, -0.15) is 0 Å². The molecule has 1 amide bonds. The Bertz CT molecular complexity index is 296. The number of hydrogen-bond acceptors (Lipinski definition) is 3. The van der Waals surface area contributed by atoms with Gasteiger partial charge >= 0.3 is 0 Å². The summed E-state index contributed by atoms with van der Waals surface area (Å²) in [5.41, 5.74) is -0.317. The third kappa shape index (κ3) is 4.22. The highest BCUT2D eigenvalue weighted by atomic mass is 35.5. The minimum Gasteiger partial charge on any atom is -0.336 e. The van der Waals surface area contributed by atoms with Gasteiger partial charge in [-0.15, -0.1) is 24.8 Å². The molecule has 19 heavy (non-hydrogen) atoms. The summed E-state index contributed by atoms with van der Waals surface area (Å²) in [5, 5.41) is 3.42. The molecule has 2 heterocycles. The molecule has 1 N–H and O–H groups in total. The second-order valence-corrected chi connectivity index (χ2v) is 5.83. The van der Waals surface area contributed by atoms with Crippen LogP contribution in [0.1, 0.15) is 33.1 Å². The smallest absolute Gasteiger partial charge is 0.242 e. The lowest BCUT2D eigenvalue weighted by atomic mass is 9.89. The fourth-order valence-electron chi connectivity index (χ4n) is 3.00. The van der Waals surface area contributed by atoms with E-state index in [1.54, 1.807) is 0 Å². The van der Waals surface area contributed by atoms with Gasteiger partial charge in [0.05, 0.1) is 5.54 Å². The number of nitrogens with one attached hydrogen (secondary N) is 1. The minimum absolute atomic E-state index is 0. The van der Waals surface area contributed by atoms with Crippen LogP contribution in [0.5, 0.6) is 0 Å². The van der Waals surface area contributed by atoms with E-state index in [4.69, 9.17) is 0 Å². The number of halogens is 2. The van der Waals surface area contributed by atoms with Crippen LogP contribution in [0, 0.1) is 0 Å². The van der Waals surface area contributed by atoms with Gasteiger partial charge < -0.3 is 15.1 Å². The highest BCUT2D eigenvalue weighted by molar-refractivity contribution is 5.86. The van der Waals surface area contributed by atoms with Gasteiger partial charge in [0.25, 0.3) is 0 Å². The Balaban J connectivity index is 0.00000162. The lowest BCUT2D eigenvalue weighted by Gasteiger charge is -2.44. The fraction of sp³-hybridized carbons (Fsp3) is 0.923. The lowest BCUT2D eigenvalue weighted by molar-refractivity contribution is -0.143. The molecule has 2 saturated heterocycles. The predicted octanol–water partition coefficient (Wildman–Crippen LogP) is 1.52. The molecule has 2 fully saturated rings. The van der Waals surface area contributed by atoms with Crippen LogP contribution < -0.4 is 5.32 Å². The highest BCUT2D eigenvalue weighted by Gasteiger charge is 2.39. The zero-order valence-electron chi connectivity index (χ0n) is 12.1. The van der Waals surface area contributed by atoms with Crippen LogP contribution in [0.2, 0.25) is 0 Å². The summed E-state index contributed by atoms with van der Waals surface area (Å²) in [6.07, 6.45) is 3.34. The molecule has 0 radical (unpaired) electrons. The summed E-state index contributed by atoms with van der Waals surface area (Å²) in [6, 6.07) is 0.335. The number of carbonyl (C=O) groups is 1. The Morgan fingerprint density at radius 1 is 1.26 bits per heavy atom. The zero-order valence-corrected chi connectivity index (χ0v) is 13.8. The average molecular weight is 312 g/mol. The van der Waals surface area contributed by atoms with Gasteiger partial charge in [0.1, 0.15) is 0 Å². The molecule has 0 saturated carbocycles. The SMILES string of the molecule is CC1CN(C)CCN1C(=O)C1(C)CCCCN1.Cl.Cl. The van der Waals surface area contributed by atoms with E-state index in [0.29, 0.717) is 11.9 Å². The zero-order chi connectivity index (χ0) is 12.5. The number of likely N-dealkylation sites (N-methyl/N-ethyl adjacent to an activating group) is 1. The molecule has 0 aromatic rings. The first-order chi connectivity index (χ1) is 8.03. The normalized spacial score (nSPS) is 32.2. The van der Waals surface area contributed by atoms with Crippen molar-refractivity contribution in [2.45, 2.75) is 44.7 Å². The molecule has 0 aliphatic carbocycles. The molecule has 2 unspecified atom stereocenters. The van der Waals surface area contributed by atoms with E-state index in [1.807, 2.05) is 0 Å². The first-order valence-electron chi connectivity index (χ1n) is 6.77. The van der Waals surface area contributed by atoms with Crippen LogP contribution in [0.25, 0.3) is 0 Å². The summed E-state index contributed by atoms with van der Waals surface area (Å²) < 4.78 is 0. The standard InChI is InChI=1S/C13H25N3O.2ClH/c1-11-10-15(3)8-9-16(11)12(17)13(2)6-4-5-7-14-13;;/h11,14H,4-10H2,1-3H3;2*1H. The number of nitrogens with zero attached hydrogens (tertiary/aromatic N) is 2. The summed E-state index contributed by atoms with van der Waals surface area (Å²) >= 11 is 0. The van der Waals surface area contributed by atoms with Crippen LogP contribution in [0.15, 0.2) is 0 Å². The molecule has 0 aromatic heterocycles. The maximum atomic E-state index is 12.6. The number of carbonyl (C=O) groups excluding carboxylic acids is 1. The molecule has 2 aliphatic heterocycles. The first kappa shape index (κ1) is 19.0. The second-order valence-electron chi connectivity index (χ2n) is 5.83. The van der Waals surface area contributed by atoms with Crippen molar-refractivity contribution in [3.05, 3.63) is 0 Å². The Morgan fingerprint density at radius 2 is 1.95 bits per heavy atom. The second kappa shape index (κ2) is 7.67. The van der Waals surface area contributed by atoms with Gasteiger partial charge in [0.2, 0.25) is 5.91 Å². The van der Waals surface area contributed by atoms with Gasteiger partial charge in [-0.3, -0.25) is 4.79 Å². The maximum Gasteiger partial charge on any atom is 0.242 e. The predicted molar refractivity (Wildman–Crippen MR) is 83.4 cm³/mol. The van der Waals surface area contributed by atoms with Crippen molar-refractivity contribution in [2.75, 3.05) is 33.2 Å². The van der Waals surface area contributed by atoms with Crippen LogP contribution in [0.3, 0.4) is 0 Å². The van der Waals surface area contributed by atoms with Crippen molar-refractivity contribution in [2.24, 2.45) is 0 Å². The molecule has 2 aliphatic rings. The lowest BCUT2D eigenvalue weighted by Crippen LogP contribution is -2.63. The van der Waals surface area contributed by atoms with Gasteiger partial charge in [-0.05, 0) is 46.7 Å². The van der Waals surface area contributed by atoms with E-state index in [2.05, 4.69) is 36.0 Å². The highest BCUT2D eigenvalue weighted by Crippen LogP contribution is 2.23. The Morgan fingerprint density at radius 3 is 2.47 bits per heavy atom. The number of hydrogen-bond donors (Lipinski definition) is 1. The van der Waals surface area contributed by atoms with E-state index >= 15 is 0 Å². The third-order valence-corrected chi connectivity index (χ3v) is 4.18. The van der Waals surface area contributed by atoms with E-state index in [0.717, 1.165) is 39.0 Å². The van der Waals surface area contributed by atoms with Crippen molar-refractivity contribution in [1.82, 2.24) is 15.1 Å². The van der Waals surface area contributed by atoms with Gasteiger partial charge in [-0.25, -0.2) is 0 Å². The van der Waals surface area contributed by atoms with Crippen molar-refractivity contribution in [1.29, 1.82) is 0 Å². The number of rotatable bonds is 1. The molecule has 0 bridgehead atoms. The molecule has 0 spiro atoms. The van der Waals surface area contributed by atoms with Gasteiger partial charge in [-0.1, -0.05) is 0 Å². The first-order valence-corrected chi connectivity index (χ1v) is 6.77. The largest absolute Gasteiger partial charge is 0.336 e. The quantitative estimate of drug-likeness (QED) is 0.797. The van der Waals surface area contributed by atoms with E-state index in [9.17, 15) is 4.79 Å². The van der Waals surface area contributed by atoms with Crippen LogP contribution >= 0.6 is 24.8 Å². The monoisotopic (exact) mass is 311 g/mol. The average Bonchev–Trinajstić information content (AvgIpc) is 2.29. The van der Waals surface area contributed by atoms with Crippen molar-refractivity contribution in [3.8, 4) is 0 Å². The minimum atomic E-state index is -0.317. The van der Waals surface area contributed by atoms with Gasteiger partial charge in [0, 0.05) is 25.7 Å². The third-order valence-electron chi connectivity index (χ3n) is 4.18. The summed E-state index contributed by atoms with van der Waals surface area (Å²) in [4.78, 5) is 17.0. The Hall–Kier alpha value is -0.0300. The van der Waals surface area contributed by atoms with E-state index < -0.39 is 0 Å². The Kier molecular flexibility index (Phi) is 7.66. The molecular weight excluding hydrogens is 285 g/mol. The van der Waals surface area contributed by atoms with Crippen molar-refractivity contribution < 1.29 is 4.79 Å².